The average molecular weight is 370 g/mol. The Hall–Kier alpha value is -0.290. The van der Waals surface area contributed by atoms with Crippen LogP contribution in [0.5, 0.6) is 0 Å². The van der Waals surface area contributed by atoms with Gasteiger partial charge in [-0.05, 0) is 55.1 Å². The summed E-state index contributed by atoms with van der Waals surface area (Å²) in [4.78, 5) is 2.70. The number of rotatable bonds is 7. The third-order valence-electron chi connectivity index (χ3n) is 3.01. The molecule has 0 amide bonds. The summed E-state index contributed by atoms with van der Waals surface area (Å²) in [5.41, 5.74) is 1.42. The molecule has 0 saturated carbocycles. The lowest BCUT2D eigenvalue weighted by Crippen LogP contribution is -2.23. The summed E-state index contributed by atoms with van der Waals surface area (Å²) in [5, 5.41) is 5.94. The molecule has 20 heavy (non-hydrogen) atoms. The summed E-state index contributed by atoms with van der Waals surface area (Å²) in [5.74, 6) is 1.06. The van der Waals surface area contributed by atoms with E-state index in [-0.39, 0.29) is 0 Å². The van der Waals surface area contributed by atoms with E-state index >= 15 is 0 Å². The molecule has 0 aliphatic rings. The second-order valence-corrected chi connectivity index (χ2v) is 7.89. The minimum Gasteiger partial charge on any atom is -0.309 e. The molecule has 0 saturated heterocycles. The fourth-order valence-corrected chi connectivity index (χ4v) is 4.34. The smallest absolute Gasteiger partial charge is 0.0423 e. The molecule has 1 aromatic heterocycles. The topological polar surface area (TPSA) is 12.0 Å². The van der Waals surface area contributed by atoms with Gasteiger partial charge in [0.2, 0.25) is 0 Å². The van der Waals surface area contributed by atoms with Crippen LogP contribution in [0.4, 0.5) is 0 Å². The van der Waals surface area contributed by atoms with Gasteiger partial charge in [-0.2, -0.15) is 0 Å². The first-order chi connectivity index (χ1) is 9.69. The van der Waals surface area contributed by atoms with Crippen molar-refractivity contribution in [2.45, 2.75) is 31.2 Å². The van der Waals surface area contributed by atoms with Gasteiger partial charge in [-0.3, -0.25) is 0 Å². The van der Waals surface area contributed by atoms with E-state index in [9.17, 15) is 0 Å². The largest absolute Gasteiger partial charge is 0.309 e. The first-order valence-corrected chi connectivity index (χ1v) is 9.51. The van der Waals surface area contributed by atoms with E-state index in [1.54, 1.807) is 0 Å². The molecule has 0 bridgehead atoms. The van der Waals surface area contributed by atoms with Crippen LogP contribution < -0.4 is 5.32 Å². The SMILES string of the molecule is CCCNC(CSc1cccc(Br)c1)c1csc(C)c1. The number of hydrogen-bond donors (Lipinski definition) is 1. The van der Waals surface area contributed by atoms with Gasteiger partial charge in [0.25, 0.3) is 0 Å². The first kappa shape index (κ1) is 16.1. The van der Waals surface area contributed by atoms with Gasteiger partial charge in [-0.1, -0.05) is 28.9 Å². The number of nitrogens with one attached hydrogen (secondary N) is 1. The van der Waals surface area contributed by atoms with Crippen LogP contribution in [-0.4, -0.2) is 12.3 Å². The summed E-state index contributed by atoms with van der Waals surface area (Å²) in [6.45, 7) is 5.45. The predicted octanol–water partition coefficient (Wildman–Crippen LogP) is 5.65. The predicted molar refractivity (Wildman–Crippen MR) is 95.0 cm³/mol. The van der Waals surface area contributed by atoms with Crippen molar-refractivity contribution in [1.29, 1.82) is 0 Å². The van der Waals surface area contributed by atoms with Crippen molar-refractivity contribution in [2.75, 3.05) is 12.3 Å². The molecule has 4 heteroatoms. The van der Waals surface area contributed by atoms with E-state index in [4.69, 9.17) is 0 Å². The Morgan fingerprint density at radius 3 is 2.85 bits per heavy atom. The fraction of sp³-hybridized carbons (Fsp3) is 0.375. The molecular weight excluding hydrogens is 350 g/mol. The van der Waals surface area contributed by atoms with E-state index in [0.717, 1.165) is 16.8 Å². The minimum atomic E-state index is 0.434. The van der Waals surface area contributed by atoms with Crippen LogP contribution in [0, 0.1) is 6.92 Å². The second-order valence-electron chi connectivity index (χ2n) is 4.77. The number of hydrogen-bond acceptors (Lipinski definition) is 3. The van der Waals surface area contributed by atoms with Crippen LogP contribution in [0.3, 0.4) is 0 Å². The lowest BCUT2D eigenvalue weighted by Gasteiger charge is -2.17. The highest BCUT2D eigenvalue weighted by Crippen LogP contribution is 2.28. The van der Waals surface area contributed by atoms with Crippen molar-refractivity contribution in [3.8, 4) is 0 Å². The number of benzene rings is 1. The highest BCUT2D eigenvalue weighted by Gasteiger charge is 2.12. The molecule has 1 heterocycles. The van der Waals surface area contributed by atoms with E-state index in [2.05, 4.69) is 70.8 Å². The zero-order valence-electron chi connectivity index (χ0n) is 11.9. The summed E-state index contributed by atoms with van der Waals surface area (Å²) in [6, 6.07) is 11.3. The molecule has 1 aromatic carbocycles. The van der Waals surface area contributed by atoms with Gasteiger partial charge in [-0.15, -0.1) is 23.1 Å². The van der Waals surface area contributed by atoms with Crippen molar-refractivity contribution in [1.82, 2.24) is 5.32 Å². The van der Waals surface area contributed by atoms with E-state index in [0.29, 0.717) is 6.04 Å². The molecule has 1 nitrogen and oxygen atoms in total. The molecule has 1 N–H and O–H groups in total. The van der Waals surface area contributed by atoms with Gasteiger partial charge in [0.15, 0.2) is 0 Å². The fourth-order valence-electron chi connectivity index (χ4n) is 1.97. The third-order valence-corrected chi connectivity index (χ3v) is 5.47. The second kappa shape index (κ2) is 8.23. The number of thiophene rings is 1. The highest BCUT2D eigenvalue weighted by atomic mass is 79.9. The molecule has 0 spiro atoms. The van der Waals surface area contributed by atoms with Crippen LogP contribution in [0.25, 0.3) is 0 Å². The van der Waals surface area contributed by atoms with Gasteiger partial charge in [0, 0.05) is 26.0 Å². The van der Waals surface area contributed by atoms with Crippen molar-refractivity contribution in [3.63, 3.8) is 0 Å². The summed E-state index contributed by atoms with van der Waals surface area (Å²) >= 11 is 7.27. The van der Waals surface area contributed by atoms with Crippen LogP contribution in [-0.2, 0) is 0 Å². The molecule has 0 aliphatic carbocycles. The van der Waals surface area contributed by atoms with Crippen molar-refractivity contribution in [3.05, 3.63) is 50.6 Å². The van der Waals surface area contributed by atoms with Crippen molar-refractivity contribution in [2.24, 2.45) is 0 Å². The van der Waals surface area contributed by atoms with Crippen LogP contribution >= 0.6 is 39.0 Å². The molecule has 0 fully saturated rings. The maximum atomic E-state index is 3.66. The summed E-state index contributed by atoms with van der Waals surface area (Å²) in [6.07, 6.45) is 1.17. The van der Waals surface area contributed by atoms with Gasteiger partial charge in [-0.25, -0.2) is 0 Å². The van der Waals surface area contributed by atoms with Gasteiger partial charge >= 0.3 is 0 Å². The normalized spacial score (nSPS) is 12.6. The molecule has 0 aliphatic heterocycles. The molecule has 2 aromatic rings. The van der Waals surface area contributed by atoms with Gasteiger partial charge in [0.05, 0.1) is 0 Å². The summed E-state index contributed by atoms with van der Waals surface area (Å²) in [7, 11) is 0. The Morgan fingerprint density at radius 2 is 2.20 bits per heavy atom. The number of aryl methyl sites for hydroxylation is 1. The lowest BCUT2D eigenvalue weighted by atomic mass is 10.1. The minimum absolute atomic E-state index is 0.434. The van der Waals surface area contributed by atoms with Crippen LogP contribution in [0.1, 0.15) is 29.8 Å². The Kier molecular flexibility index (Phi) is 6.62. The maximum absolute atomic E-state index is 3.66. The molecule has 2 rings (SSSR count). The van der Waals surface area contributed by atoms with Gasteiger partial charge < -0.3 is 5.32 Å². The zero-order valence-corrected chi connectivity index (χ0v) is 15.1. The van der Waals surface area contributed by atoms with E-state index < -0.39 is 0 Å². The summed E-state index contributed by atoms with van der Waals surface area (Å²) < 4.78 is 1.15. The third kappa shape index (κ3) is 4.92. The molecule has 0 radical (unpaired) electrons. The molecular formula is C16H20BrNS2. The number of thioether (sulfide) groups is 1. The average Bonchev–Trinajstić information content (AvgIpc) is 2.85. The highest BCUT2D eigenvalue weighted by molar-refractivity contribution is 9.10. The van der Waals surface area contributed by atoms with E-state index in [1.807, 2.05) is 23.1 Å². The Labute approximate surface area is 138 Å². The zero-order chi connectivity index (χ0) is 14.4. The van der Waals surface area contributed by atoms with Crippen LogP contribution in [0.15, 0.2) is 45.1 Å². The Morgan fingerprint density at radius 1 is 1.35 bits per heavy atom. The van der Waals surface area contributed by atoms with Gasteiger partial charge in [0.1, 0.15) is 0 Å². The Bertz CT molecular complexity index is 539. The maximum Gasteiger partial charge on any atom is 0.0423 e. The van der Waals surface area contributed by atoms with Crippen LogP contribution in [0.2, 0.25) is 0 Å². The first-order valence-electron chi connectivity index (χ1n) is 6.86. The standard InChI is InChI=1S/C16H20BrNS2/c1-3-7-18-16(13-8-12(2)19-10-13)11-20-15-6-4-5-14(17)9-15/h4-6,8-10,16,18H,3,7,11H2,1-2H3. The lowest BCUT2D eigenvalue weighted by molar-refractivity contribution is 0.579. The quantitative estimate of drug-likeness (QED) is 0.632. The van der Waals surface area contributed by atoms with Crippen molar-refractivity contribution < 1.29 is 0 Å². The monoisotopic (exact) mass is 369 g/mol. The molecule has 108 valence electrons. The van der Waals surface area contributed by atoms with E-state index in [1.165, 1.54) is 21.8 Å². The molecule has 1 unspecified atom stereocenters. The molecule has 1 atom stereocenters. The van der Waals surface area contributed by atoms with Crippen molar-refractivity contribution >= 4 is 39.0 Å². The Balaban J connectivity index is 2.00. The number of halogens is 1.